The van der Waals surface area contributed by atoms with E-state index in [1.54, 1.807) is 12.1 Å². The first-order valence-corrected chi connectivity index (χ1v) is 9.37. The van der Waals surface area contributed by atoms with Gasteiger partial charge >= 0.3 is 0 Å². The average Bonchev–Trinajstić information content (AvgIpc) is 3.15. The summed E-state index contributed by atoms with van der Waals surface area (Å²) in [6, 6.07) is 3.91. The molecule has 0 radical (unpaired) electrons. The molecule has 21 heavy (non-hydrogen) atoms. The van der Waals surface area contributed by atoms with E-state index >= 15 is 0 Å². The Morgan fingerprint density at radius 3 is 2.67 bits per heavy atom. The van der Waals surface area contributed by atoms with Gasteiger partial charge in [0.1, 0.15) is 5.76 Å². The molecule has 0 amide bonds. The van der Waals surface area contributed by atoms with Crippen LogP contribution in [0.5, 0.6) is 0 Å². The molecule has 1 aromatic heterocycles. The Kier molecular flexibility index (Phi) is 4.38. The number of nitrogens with one attached hydrogen (secondary N) is 2. The highest BCUT2D eigenvalue weighted by molar-refractivity contribution is 7.89. The van der Waals surface area contributed by atoms with Crippen molar-refractivity contribution in [3.05, 3.63) is 17.9 Å². The lowest BCUT2D eigenvalue weighted by molar-refractivity contribution is 0.307. The molecule has 2 aliphatic rings. The quantitative estimate of drug-likeness (QED) is 0.846. The first-order valence-electron chi connectivity index (χ1n) is 7.89. The van der Waals surface area contributed by atoms with Gasteiger partial charge in [-0.05, 0) is 43.7 Å². The van der Waals surface area contributed by atoms with Gasteiger partial charge in [-0.2, -0.15) is 0 Å². The maximum Gasteiger partial charge on any atom is 0.274 e. The van der Waals surface area contributed by atoms with Gasteiger partial charge in [-0.15, -0.1) is 0 Å². The van der Waals surface area contributed by atoms with Crippen molar-refractivity contribution in [2.24, 2.45) is 5.92 Å². The SMILES string of the molecule is CC1CCCCC1NS(=O)(=O)c1ccc(CNC2CC2)o1. The van der Waals surface area contributed by atoms with E-state index in [1.165, 1.54) is 19.3 Å². The molecule has 0 spiro atoms. The Morgan fingerprint density at radius 2 is 1.95 bits per heavy atom. The van der Waals surface area contributed by atoms with Crippen molar-refractivity contribution in [1.82, 2.24) is 10.0 Å². The van der Waals surface area contributed by atoms with E-state index in [0.29, 0.717) is 24.3 Å². The topological polar surface area (TPSA) is 71.3 Å². The summed E-state index contributed by atoms with van der Waals surface area (Å²) in [5.41, 5.74) is 0. The third kappa shape index (κ3) is 3.87. The molecule has 0 saturated heterocycles. The second-order valence-electron chi connectivity index (χ2n) is 6.37. The molecule has 2 fully saturated rings. The van der Waals surface area contributed by atoms with Crippen molar-refractivity contribution in [3.8, 4) is 0 Å². The summed E-state index contributed by atoms with van der Waals surface area (Å²) in [5, 5.41) is 3.35. The number of hydrogen-bond donors (Lipinski definition) is 2. The zero-order chi connectivity index (χ0) is 14.9. The molecule has 2 unspecified atom stereocenters. The highest BCUT2D eigenvalue weighted by Gasteiger charge is 2.28. The summed E-state index contributed by atoms with van der Waals surface area (Å²) in [6.07, 6.45) is 6.68. The van der Waals surface area contributed by atoms with Crippen LogP contribution in [0.15, 0.2) is 21.6 Å². The molecular formula is C15H24N2O3S. The smallest absolute Gasteiger partial charge is 0.274 e. The third-order valence-electron chi connectivity index (χ3n) is 4.46. The minimum absolute atomic E-state index is 0.0295. The van der Waals surface area contributed by atoms with Crippen LogP contribution in [-0.4, -0.2) is 20.5 Å². The lowest BCUT2D eigenvalue weighted by Crippen LogP contribution is -2.40. The normalized spacial score (nSPS) is 26.9. The largest absolute Gasteiger partial charge is 0.447 e. The Bertz CT molecular complexity index is 577. The maximum atomic E-state index is 12.4. The molecule has 6 heteroatoms. The summed E-state index contributed by atoms with van der Waals surface area (Å²) in [5.74, 6) is 1.07. The molecule has 5 nitrogen and oxygen atoms in total. The van der Waals surface area contributed by atoms with Crippen molar-refractivity contribution in [3.63, 3.8) is 0 Å². The minimum Gasteiger partial charge on any atom is -0.447 e. The van der Waals surface area contributed by atoms with Gasteiger partial charge in [-0.3, -0.25) is 0 Å². The fourth-order valence-electron chi connectivity index (χ4n) is 2.88. The summed E-state index contributed by atoms with van der Waals surface area (Å²) in [6.45, 7) is 2.71. The van der Waals surface area contributed by atoms with Gasteiger partial charge < -0.3 is 9.73 Å². The van der Waals surface area contributed by atoms with Crippen LogP contribution >= 0.6 is 0 Å². The number of hydrogen-bond acceptors (Lipinski definition) is 4. The molecule has 0 aromatic carbocycles. The van der Waals surface area contributed by atoms with Crippen LogP contribution in [0.2, 0.25) is 0 Å². The molecule has 0 aliphatic heterocycles. The Hall–Kier alpha value is -0.850. The van der Waals surface area contributed by atoms with E-state index in [9.17, 15) is 8.42 Å². The third-order valence-corrected chi connectivity index (χ3v) is 5.82. The van der Waals surface area contributed by atoms with Crippen molar-refractivity contribution in [2.45, 2.75) is 69.2 Å². The number of furan rings is 1. The van der Waals surface area contributed by atoms with E-state index in [-0.39, 0.29) is 11.1 Å². The van der Waals surface area contributed by atoms with Crippen LogP contribution in [0, 0.1) is 5.92 Å². The van der Waals surface area contributed by atoms with Gasteiger partial charge in [-0.1, -0.05) is 19.8 Å². The second-order valence-corrected chi connectivity index (χ2v) is 8.01. The van der Waals surface area contributed by atoms with Crippen LogP contribution in [0.25, 0.3) is 0 Å². The summed E-state index contributed by atoms with van der Waals surface area (Å²) in [4.78, 5) is 0. The van der Waals surface area contributed by atoms with Gasteiger partial charge in [0.25, 0.3) is 10.0 Å². The van der Waals surface area contributed by atoms with Crippen LogP contribution in [-0.2, 0) is 16.6 Å². The molecule has 0 bridgehead atoms. The molecule has 2 N–H and O–H groups in total. The van der Waals surface area contributed by atoms with Gasteiger partial charge in [-0.25, -0.2) is 13.1 Å². The molecular weight excluding hydrogens is 288 g/mol. The maximum absolute atomic E-state index is 12.4. The van der Waals surface area contributed by atoms with E-state index in [0.717, 1.165) is 19.3 Å². The molecule has 2 atom stereocenters. The van der Waals surface area contributed by atoms with E-state index < -0.39 is 10.0 Å². The number of sulfonamides is 1. The van der Waals surface area contributed by atoms with E-state index in [2.05, 4.69) is 17.0 Å². The zero-order valence-corrected chi connectivity index (χ0v) is 13.3. The monoisotopic (exact) mass is 312 g/mol. The van der Waals surface area contributed by atoms with Gasteiger partial charge in [0.05, 0.1) is 6.54 Å². The molecule has 1 aromatic rings. The fraction of sp³-hybridized carbons (Fsp3) is 0.733. The standard InChI is InChI=1S/C15H24N2O3S/c1-11-4-2-3-5-14(11)17-21(18,19)15-9-8-13(20-15)10-16-12-6-7-12/h8-9,11-12,14,16-17H,2-7,10H2,1H3. The van der Waals surface area contributed by atoms with Crippen LogP contribution in [0.3, 0.4) is 0 Å². The molecule has 1 heterocycles. The minimum atomic E-state index is -3.54. The highest BCUT2D eigenvalue weighted by Crippen LogP contribution is 2.26. The summed E-state index contributed by atoms with van der Waals surface area (Å²) in [7, 11) is -3.54. The summed E-state index contributed by atoms with van der Waals surface area (Å²) < 4.78 is 33.1. The molecule has 118 valence electrons. The highest BCUT2D eigenvalue weighted by atomic mass is 32.2. The Morgan fingerprint density at radius 1 is 1.19 bits per heavy atom. The fourth-order valence-corrected chi connectivity index (χ4v) is 4.21. The predicted molar refractivity (Wildman–Crippen MR) is 80.3 cm³/mol. The average molecular weight is 312 g/mol. The second kappa shape index (κ2) is 6.10. The molecule has 2 saturated carbocycles. The summed E-state index contributed by atoms with van der Waals surface area (Å²) >= 11 is 0. The first-order chi connectivity index (χ1) is 10.0. The van der Waals surface area contributed by atoms with Crippen molar-refractivity contribution in [1.29, 1.82) is 0 Å². The lowest BCUT2D eigenvalue weighted by Gasteiger charge is -2.28. The van der Waals surface area contributed by atoms with Crippen molar-refractivity contribution >= 4 is 10.0 Å². The zero-order valence-electron chi connectivity index (χ0n) is 12.5. The first kappa shape index (κ1) is 15.1. The lowest BCUT2D eigenvalue weighted by atomic mass is 9.87. The van der Waals surface area contributed by atoms with Crippen LogP contribution in [0.4, 0.5) is 0 Å². The molecule has 2 aliphatic carbocycles. The van der Waals surface area contributed by atoms with Crippen LogP contribution < -0.4 is 10.0 Å². The Balaban J connectivity index is 1.63. The Labute approximate surface area is 126 Å². The van der Waals surface area contributed by atoms with Gasteiger partial charge in [0.2, 0.25) is 5.09 Å². The molecule has 3 rings (SSSR count). The van der Waals surface area contributed by atoms with Gasteiger partial charge in [0.15, 0.2) is 0 Å². The van der Waals surface area contributed by atoms with Crippen molar-refractivity contribution < 1.29 is 12.8 Å². The predicted octanol–water partition coefficient (Wildman–Crippen LogP) is 2.39. The number of rotatable bonds is 6. The van der Waals surface area contributed by atoms with Gasteiger partial charge in [0, 0.05) is 12.1 Å². The van der Waals surface area contributed by atoms with Crippen molar-refractivity contribution in [2.75, 3.05) is 0 Å². The van der Waals surface area contributed by atoms with E-state index in [1.807, 2.05) is 0 Å². The van der Waals surface area contributed by atoms with Crippen LogP contribution in [0.1, 0.15) is 51.2 Å². The van der Waals surface area contributed by atoms with E-state index in [4.69, 9.17) is 4.42 Å².